The zero-order valence-corrected chi connectivity index (χ0v) is 18.7. The fraction of sp³-hybridized carbons (Fsp3) is 0.393. The molecular weight excluding hydrogens is 414 g/mol. The van der Waals surface area contributed by atoms with Crippen LogP contribution in [0.5, 0.6) is 11.5 Å². The van der Waals surface area contributed by atoms with Crippen molar-refractivity contribution in [2.24, 2.45) is 0 Å². The third kappa shape index (κ3) is 2.76. The number of hydrogen-bond donors (Lipinski definition) is 1. The van der Waals surface area contributed by atoms with Crippen LogP contribution in [0.1, 0.15) is 29.5 Å². The van der Waals surface area contributed by atoms with Crippen LogP contribution in [-0.2, 0) is 27.8 Å². The molecule has 1 N–H and O–H groups in total. The van der Waals surface area contributed by atoms with E-state index in [0.29, 0.717) is 12.4 Å². The topological polar surface area (TPSA) is 59.0 Å². The van der Waals surface area contributed by atoms with Gasteiger partial charge in [0, 0.05) is 31.3 Å². The number of aryl methyl sites for hydroxylation is 1. The molecule has 2 aromatic carbocycles. The molecule has 1 fully saturated rings. The lowest BCUT2D eigenvalue weighted by atomic mass is 9.50. The number of rotatable bonds is 7. The number of ketones is 1. The molecular formula is C28H29NO4. The van der Waals surface area contributed by atoms with Gasteiger partial charge in [-0.05, 0) is 55.0 Å². The Morgan fingerprint density at radius 3 is 2.91 bits per heavy atom. The molecule has 2 aliphatic carbocycles. The second-order valence-corrected chi connectivity index (χ2v) is 9.64. The van der Waals surface area contributed by atoms with E-state index >= 15 is 0 Å². The summed E-state index contributed by atoms with van der Waals surface area (Å²) in [6.07, 6.45) is 8.30. The highest BCUT2D eigenvalue weighted by molar-refractivity contribution is 5.99. The standard InChI is InChI=1S/C28H29NO4/c1-2-15-29-16-14-27-24-20-10-11-21(30)25(24)33-26(27)22(31)12-13-28(27,23(29)18-20)32-17-6-9-19-7-4-3-5-8-19/h2-5,7-8,10-13,23,26,30H,1,6,9,14-18H2/t23-,26+,27+,28-/m1/s1. The minimum absolute atomic E-state index is 0.0436. The van der Waals surface area contributed by atoms with Gasteiger partial charge in [-0.1, -0.05) is 42.5 Å². The number of likely N-dealkylation sites (tertiary alicyclic amines) is 1. The number of ether oxygens (including phenoxy) is 2. The Kier molecular flexibility index (Phi) is 4.75. The van der Waals surface area contributed by atoms with E-state index in [0.717, 1.165) is 49.9 Å². The quantitative estimate of drug-likeness (QED) is 0.522. The number of nitrogens with zero attached hydrogens (tertiary/aromatic N) is 1. The summed E-state index contributed by atoms with van der Waals surface area (Å²) in [5, 5.41) is 10.6. The Morgan fingerprint density at radius 2 is 2.09 bits per heavy atom. The highest BCUT2D eigenvalue weighted by atomic mass is 16.5. The molecule has 170 valence electrons. The van der Waals surface area contributed by atoms with Crippen LogP contribution >= 0.6 is 0 Å². The molecule has 5 nitrogen and oxygen atoms in total. The van der Waals surface area contributed by atoms with Crippen molar-refractivity contribution in [3.05, 3.63) is 84.0 Å². The van der Waals surface area contributed by atoms with Gasteiger partial charge in [-0.2, -0.15) is 0 Å². The SMILES string of the molecule is C=CCN1CC[C@]23c4c5ccc(O)c4O[C@H]2C(=O)C=C[C@@]3(OCCCc2ccccc2)[C@H]1C5. The lowest BCUT2D eigenvalue weighted by Gasteiger charge is -2.62. The summed E-state index contributed by atoms with van der Waals surface area (Å²) >= 11 is 0. The monoisotopic (exact) mass is 443 g/mol. The summed E-state index contributed by atoms with van der Waals surface area (Å²) < 4.78 is 13.2. The summed E-state index contributed by atoms with van der Waals surface area (Å²) in [7, 11) is 0. The first-order chi connectivity index (χ1) is 16.1. The van der Waals surface area contributed by atoms with Crippen molar-refractivity contribution in [2.75, 3.05) is 19.7 Å². The molecule has 2 heterocycles. The van der Waals surface area contributed by atoms with Gasteiger partial charge in [0.05, 0.1) is 5.41 Å². The van der Waals surface area contributed by atoms with E-state index in [1.165, 1.54) is 5.56 Å². The minimum atomic E-state index is -0.685. The van der Waals surface area contributed by atoms with Crippen molar-refractivity contribution < 1.29 is 19.4 Å². The second-order valence-electron chi connectivity index (χ2n) is 9.64. The Hall–Kier alpha value is -2.89. The zero-order valence-electron chi connectivity index (χ0n) is 18.7. The molecule has 4 atom stereocenters. The maximum absolute atomic E-state index is 13.1. The molecule has 33 heavy (non-hydrogen) atoms. The van der Waals surface area contributed by atoms with Gasteiger partial charge in [0.15, 0.2) is 23.4 Å². The molecule has 4 aliphatic rings. The Morgan fingerprint density at radius 1 is 1.24 bits per heavy atom. The molecule has 0 amide bonds. The van der Waals surface area contributed by atoms with Crippen LogP contribution in [0.4, 0.5) is 0 Å². The molecule has 6 rings (SSSR count). The first kappa shape index (κ1) is 20.7. The van der Waals surface area contributed by atoms with Gasteiger partial charge in [-0.3, -0.25) is 9.69 Å². The molecule has 2 bridgehead atoms. The second kappa shape index (κ2) is 7.57. The Bertz CT molecular complexity index is 1140. The summed E-state index contributed by atoms with van der Waals surface area (Å²) in [5.74, 6) is 0.538. The van der Waals surface area contributed by atoms with Crippen LogP contribution in [-0.4, -0.2) is 53.2 Å². The van der Waals surface area contributed by atoms with E-state index in [2.05, 4.69) is 35.7 Å². The van der Waals surface area contributed by atoms with Gasteiger partial charge in [-0.25, -0.2) is 0 Å². The molecule has 1 spiro atoms. The van der Waals surface area contributed by atoms with E-state index in [9.17, 15) is 9.90 Å². The van der Waals surface area contributed by atoms with Crippen molar-refractivity contribution in [1.29, 1.82) is 0 Å². The predicted octanol–water partition coefficient (Wildman–Crippen LogP) is 3.73. The van der Waals surface area contributed by atoms with Crippen molar-refractivity contribution in [1.82, 2.24) is 4.90 Å². The molecule has 2 aliphatic heterocycles. The van der Waals surface area contributed by atoms with E-state index in [-0.39, 0.29) is 17.6 Å². The highest BCUT2D eigenvalue weighted by Gasteiger charge is 2.73. The third-order valence-corrected chi connectivity index (χ3v) is 8.10. The van der Waals surface area contributed by atoms with Gasteiger partial charge < -0.3 is 14.6 Å². The number of hydrogen-bond acceptors (Lipinski definition) is 5. The average Bonchev–Trinajstić information content (AvgIpc) is 3.19. The molecule has 5 heteroatoms. The number of aromatic hydroxyl groups is 1. The molecule has 1 saturated heterocycles. The normalized spacial score (nSPS) is 31.2. The van der Waals surface area contributed by atoms with Gasteiger partial charge in [0.25, 0.3) is 0 Å². The minimum Gasteiger partial charge on any atom is -0.504 e. The smallest absolute Gasteiger partial charge is 0.196 e. The summed E-state index contributed by atoms with van der Waals surface area (Å²) in [6.45, 7) is 6.16. The zero-order chi connectivity index (χ0) is 22.6. The van der Waals surface area contributed by atoms with Gasteiger partial charge in [-0.15, -0.1) is 6.58 Å². The number of piperidine rings is 1. The first-order valence-corrected chi connectivity index (χ1v) is 11.9. The average molecular weight is 444 g/mol. The maximum Gasteiger partial charge on any atom is 0.196 e. The van der Waals surface area contributed by atoms with Crippen LogP contribution in [0, 0.1) is 0 Å². The number of phenols is 1. The maximum atomic E-state index is 13.1. The van der Waals surface area contributed by atoms with Crippen molar-refractivity contribution in [3.63, 3.8) is 0 Å². The fourth-order valence-corrected chi connectivity index (χ4v) is 6.80. The molecule has 0 radical (unpaired) electrons. The number of carbonyl (C=O) groups excluding carboxylic acids is 1. The van der Waals surface area contributed by atoms with Gasteiger partial charge in [0.2, 0.25) is 0 Å². The van der Waals surface area contributed by atoms with Crippen molar-refractivity contribution in [2.45, 2.75) is 48.8 Å². The molecule has 0 saturated carbocycles. The van der Waals surface area contributed by atoms with Crippen molar-refractivity contribution >= 4 is 5.78 Å². The van der Waals surface area contributed by atoms with E-state index < -0.39 is 17.1 Å². The number of benzene rings is 2. The Balaban J connectivity index is 1.42. The van der Waals surface area contributed by atoms with Gasteiger partial charge in [0.1, 0.15) is 5.60 Å². The van der Waals surface area contributed by atoms with E-state index in [1.807, 2.05) is 24.3 Å². The van der Waals surface area contributed by atoms with Crippen LogP contribution in [0.25, 0.3) is 0 Å². The summed E-state index contributed by atoms with van der Waals surface area (Å²) in [5.41, 5.74) is 2.13. The van der Waals surface area contributed by atoms with Crippen LogP contribution in [0.15, 0.2) is 67.3 Å². The number of phenolic OH excluding ortho intramolecular Hbond substituents is 1. The van der Waals surface area contributed by atoms with Gasteiger partial charge >= 0.3 is 0 Å². The fourth-order valence-electron chi connectivity index (χ4n) is 6.80. The third-order valence-electron chi connectivity index (χ3n) is 8.10. The van der Waals surface area contributed by atoms with E-state index in [4.69, 9.17) is 9.47 Å². The Labute approximate surface area is 194 Å². The first-order valence-electron chi connectivity index (χ1n) is 11.9. The lowest BCUT2D eigenvalue weighted by molar-refractivity contribution is -0.176. The number of carbonyl (C=O) groups is 1. The molecule has 0 unspecified atom stereocenters. The van der Waals surface area contributed by atoms with Crippen LogP contribution in [0.3, 0.4) is 0 Å². The van der Waals surface area contributed by atoms with E-state index in [1.54, 1.807) is 12.1 Å². The largest absolute Gasteiger partial charge is 0.504 e. The predicted molar refractivity (Wildman–Crippen MR) is 126 cm³/mol. The van der Waals surface area contributed by atoms with Crippen LogP contribution < -0.4 is 4.74 Å². The lowest BCUT2D eigenvalue weighted by Crippen LogP contribution is -2.76. The molecule has 0 aromatic heterocycles. The van der Waals surface area contributed by atoms with Crippen LogP contribution in [0.2, 0.25) is 0 Å². The summed E-state index contributed by atoms with van der Waals surface area (Å²) in [6, 6.07) is 14.2. The molecule has 2 aromatic rings. The van der Waals surface area contributed by atoms with Crippen molar-refractivity contribution in [3.8, 4) is 11.5 Å². The summed E-state index contributed by atoms with van der Waals surface area (Å²) in [4.78, 5) is 15.5. The highest BCUT2D eigenvalue weighted by Crippen LogP contribution is 2.64.